The van der Waals surface area contributed by atoms with E-state index in [4.69, 9.17) is 0 Å². The van der Waals surface area contributed by atoms with Crippen LogP contribution in [0.15, 0.2) is 29.0 Å². The summed E-state index contributed by atoms with van der Waals surface area (Å²) in [6.45, 7) is 2.23. The molecule has 3 rings (SSSR count). The van der Waals surface area contributed by atoms with E-state index in [1.165, 1.54) is 54.0 Å². The number of hydrogen-bond acceptors (Lipinski definition) is 3. The SMILES string of the molecule is c1csc(-c2csc(CNCC3CCCCC3)c2)c1. The van der Waals surface area contributed by atoms with Crippen molar-refractivity contribution in [2.75, 3.05) is 6.54 Å². The van der Waals surface area contributed by atoms with Crippen molar-refractivity contribution in [3.05, 3.63) is 33.8 Å². The lowest BCUT2D eigenvalue weighted by Gasteiger charge is -2.21. The second-order valence-electron chi connectivity index (χ2n) is 5.41. The average Bonchev–Trinajstić information content (AvgIpc) is 3.10. The van der Waals surface area contributed by atoms with E-state index in [0.29, 0.717) is 0 Å². The normalized spacial score (nSPS) is 16.8. The maximum Gasteiger partial charge on any atom is 0.0351 e. The zero-order valence-electron chi connectivity index (χ0n) is 11.2. The maximum atomic E-state index is 3.64. The fourth-order valence-electron chi connectivity index (χ4n) is 2.84. The molecule has 1 nitrogen and oxygen atoms in total. The molecule has 1 aliphatic rings. The molecule has 0 bridgehead atoms. The van der Waals surface area contributed by atoms with Crippen LogP contribution >= 0.6 is 22.7 Å². The Morgan fingerprint density at radius 3 is 2.84 bits per heavy atom. The molecule has 2 aromatic heterocycles. The standard InChI is InChI=1S/C16H21NS2/c1-2-5-13(6-3-1)10-17-11-15-9-14(12-19-15)16-7-4-8-18-16/h4,7-9,12-13,17H,1-3,5-6,10-11H2. The molecule has 0 amide bonds. The Hall–Kier alpha value is -0.640. The topological polar surface area (TPSA) is 12.0 Å². The molecule has 1 saturated carbocycles. The van der Waals surface area contributed by atoms with E-state index in [0.717, 1.165) is 12.5 Å². The first-order valence-electron chi connectivity index (χ1n) is 7.24. The van der Waals surface area contributed by atoms with Gasteiger partial charge in [-0.1, -0.05) is 25.3 Å². The second kappa shape index (κ2) is 6.69. The summed E-state index contributed by atoms with van der Waals surface area (Å²) in [6, 6.07) is 6.66. The molecular weight excluding hydrogens is 270 g/mol. The lowest BCUT2D eigenvalue weighted by atomic mass is 9.89. The third-order valence-corrected chi connectivity index (χ3v) is 5.77. The van der Waals surface area contributed by atoms with Gasteiger partial charge in [-0.3, -0.25) is 0 Å². The molecule has 2 aromatic rings. The van der Waals surface area contributed by atoms with Crippen molar-refractivity contribution in [3.8, 4) is 10.4 Å². The summed E-state index contributed by atoms with van der Waals surface area (Å²) >= 11 is 3.70. The highest BCUT2D eigenvalue weighted by molar-refractivity contribution is 7.14. The van der Waals surface area contributed by atoms with Gasteiger partial charge in [0, 0.05) is 21.9 Å². The van der Waals surface area contributed by atoms with Crippen molar-refractivity contribution >= 4 is 22.7 Å². The molecular formula is C16H21NS2. The summed E-state index contributed by atoms with van der Waals surface area (Å²) in [5, 5.41) is 8.07. The Balaban J connectivity index is 1.48. The van der Waals surface area contributed by atoms with Crippen molar-refractivity contribution in [2.24, 2.45) is 5.92 Å². The Labute approximate surface area is 123 Å². The van der Waals surface area contributed by atoms with E-state index >= 15 is 0 Å². The fraction of sp³-hybridized carbons (Fsp3) is 0.500. The first kappa shape index (κ1) is 13.3. The minimum Gasteiger partial charge on any atom is -0.312 e. The van der Waals surface area contributed by atoms with Gasteiger partial charge in [0.1, 0.15) is 0 Å². The molecule has 1 aliphatic carbocycles. The van der Waals surface area contributed by atoms with Crippen LogP contribution in [0.4, 0.5) is 0 Å². The van der Waals surface area contributed by atoms with Crippen LogP contribution in [-0.4, -0.2) is 6.54 Å². The Bertz CT molecular complexity index is 481. The summed E-state index contributed by atoms with van der Waals surface area (Å²) < 4.78 is 0. The first-order chi connectivity index (χ1) is 9.42. The van der Waals surface area contributed by atoms with Crippen LogP contribution in [0.5, 0.6) is 0 Å². The molecule has 0 spiro atoms. The van der Waals surface area contributed by atoms with Crippen LogP contribution in [0.3, 0.4) is 0 Å². The summed E-state index contributed by atoms with van der Waals surface area (Å²) in [4.78, 5) is 2.84. The molecule has 0 saturated heterocycles. The van der Waals surface area contributed by atoms with Gasteiger partial charge in [-0.15, -0.1) is 22.7 Å². The van der Waals surface area contributed by atoms with Gasteiger partial charge in [-0.25, -0.2) is 0 Å². The lowest BCUT2D eigenvalue weighted by molar-refractivity contribution is 0.342. The number of hydrogen-bond donors (Lipinski definition) is 1. The van der Waals surface area contributed by atoms with E-state index in [9.17, 15) is 0 Å². The fourth-order valence-corrected chi connectivity index (χ4v) is 4.48. The smallest absolute Gasteiger partial charge is 0.0351 e. The Morgan fingerprint density at radius 1 is 1.16 bits per heavy atom. The maximum absolute atomic E-state index is 3.64. The molecule has 0 unspecified atom stereocenters. The summed E-state index contributed by atoms with van der Waals surface area (Å²) in [7, 11) is 0. The van der Waals surface area contributed by atoms with Crippen LogP contribution < -0.4 is 5.32 Å². The number of rotatable bonds is 5. The minimum atomic E-state index is 0.922. The number of thiophene rings is 2. The zero-order chi connectivity index (χ0) is 12.9. The highest BCUT2D eigenvalue weighted by Crippen LogP contribution is 2.29. The summed E-state index contributed by atoms with van der Waals surface area (Å²) in [5.74, 6) is 0.922. The minimum absolute atomic E-state index is 0.922. The van der Waals surface area contributed by atoms with E-state index < -0.39 is 0 Å². The Morgan fingerprint density at radius 2 is 2.05 bits per heavy atom. The molecule has 3 heteroatoms. The quantitative estimate of drug-likeness (QED) is 0.803. The molecule has 0 atom stereocenters. The van der Waals surface area contributed by atoms with E-state index in [1.54, 1.807) is 0 Å². The molecule has 0 radical (unpaired) electrons. The lowest BCUT2D eigenvalue weighted by Crippen LogP contribution is -2.23. The highest BCUT2D eigenvalue weighted by Gasteiger charge is 2.12. The van der Waals surface area contributed by atoms with Gasteiger partial charge < -0.3 is 5.32 Å². The van der Waals surface area contributed by atoms with Crippen molar-refractivity contribution in [1.29, 1.82) is 0 Å². The monoisotopic (exact) mass is 291 g/mol. The molecule has 0 aliphatic heterocycles. The Kier molecular flexibility index (Phi) is 4.70. The molecule has 2 heterocycles. The van der Waals surface area contributed by atoms with Crippen LogP contribution in [-0.2, 0) is 6.54 Å². The van der Waals surface area contributed by atoms with Crippen LogP contribution in [0.1, 0.15) is 37.0 Å². The van der Waals surface area contributed by atoms with Gasteiger partial charge in [0.2, 0.25) is 0 Å². The van der Waals surface area contributed by atoms with Crippen LogP contribution in [0.25, 0.3) is 10.4 Å². The van der Waals surface area contributed by atoms with Crippen LogP contribution in [0, 0.1) is 5.92 Å². The summed E-state index contributed by atoms with van der Waals surface area (Å²) in [5.41, 5.74) is 1.38. The second-order valence-corrected chi connectivity index (χ2v) is 7.36. The third kappa shape index (κ3) is 3.68. The molecule has 102 valence electrons. The average molecular weight is 291 g/mol. The molecule has 1 N–H and O–H groups in total. The highest BCUT2D eigenvalue weighted by atomic mass is 32.1. The predicted octanol–water partition coefficient (Wildman–Crippen LogP) is 5.15. The van der Waals surface area contributed by atoms with Crippen molar-refractivity contribution in [1.82, 2.24) is 5.32 Å². The zero-order valence-corrected chi connectivity index (χ0v) is 12.9. The number of nitrogens with one attached hydrogen (secondary N) is 1. The van der Waals surface area contributed by atoms with Gasteiger partial charge in [-0.05, 0) is 48.2 Å². The molecule has 19 heavy (non-hydrogen) atoms. The van der Waals surface area contributed by atoms with Crippen LogP contribution in [0.2, 0.25) is 0 Å². The van der Waals surface area contributed by atoms with E-state index in [1.807, 2.05) is 22.7 Å². The van der Waals surface area contributed by atoms with E-state index in [2.05, 4.69) is 34.3 Å². The van der Waals surface area contributed by atoms with Gasteiger partial charge in [0.05, 0.1) is 0 Å². The van der Waals surface area contributed by atoms with Crippen molar-refractivity contribution in [3.63, 3.8) is 0 Å². The predicted molar refractivity (Wildman–Crippen MR) is 85.9 cm³/mol. The first-order valence-corrected chi connectivity index (χ1v) is 9.00. The van der Waals surface area contributed by atoms with Gasteiger partial charge >= 0.3 is 0 Å². The molecule has 0 aromatic carbocycles. The van der Waals surface area contributed by atoms with Gasteiger partial charge in [0.25, 0.3) is 0 Å². The summed E-state index contributed by atoms with van der Waals surface area (Å²) in [6.07, 6.45) is 7.18. The third-order valence-electron chi connectivity index (χ3n) is 3.92. The van der Waals surface area contributed by atoms with Gasteiger partial charge in [0.15, 0.2) is 0 Å². The van der Waals surface area contributed by atoms with Crippen molar-refractivity contribution in [2.45, 2.75) is 38.6 Å². The van der Waals surface area contributed by atoms with Gasteiger partial charge in [-0.2, -0.15) is 0 Å². The van der Waals surface area contributed by atoms with Crippen molar-refractivity contribution < 1.29 is 0 Å². The molecule has 1 fully saturated rings. The largest absolute Gasteiger partial charge is 0.312 e. The van der Waals surface area contributed by atoms with E-state index in [-0.39, 0.29) is 0 Å².